The Morgan fingerprint density at radius 3 is 2.67 bits per heavy atom. The van der Waals surface area contributed by atoms with Crippen molar-refractivity contribution in [2.24, 2.45) is 0 Å². The summed E-state index contributed by atoms with van der Waals surface area (Å²) in [5, 5.41) is 18.6. The molecule has 3 nitrogen and oxygen atoms in total. The van der Waals surface area contributed by atoms with Crippen LogP contribution in [0.15, 0.2) is 46.9 Å². The molecule has 0 fully saturated rings. The zero-order valence-electron chi connectivity index (χ0n) is 9.64. The van der Waals surface area contributed by atoms with Crippen molar-refractivity contribution in [3.8, 4) is 11.5 Å². The summed E-state index contributed by atoms with van der Waals surface area (Å²) in [5.41, 5.74) is 1.60. The fraction of sp³-hybridized carbons (Fsp3) is 0.143. The molecule has 0 aliphatic rings. The summed E-state index contributed by atoms with van der Waals surface area (Å²) in [5.74, 6) is 0.860. The number of phenolic OH excluding ortho intramolecular Hbond substituents is 1. The van der Waals surface area contributed by atoms with Crippen LogP contribution >= 0.6 is 15.9 Å². The predicted molar refractivity (Wildman–Crippen MR) is 72.5 cm³/mol. The van der Waals surface area contributed by atoms with Gasteiger partial charge in [-0.2, -0.15) is 0 Å². The van der Waals surface area contributed by atoms with Crippen LogP contribution in [0.2, 0.25) is 0 Å². The van der Waals surface area contributed by atoms with Gasteiger partial charge in [0.25, 0.3) is 0 Å². The lowest BCUT2D eigenvalue weighted by molar-refractivity contribution is 0.258. The van der Waals surface area contributed by atoms with Crippen molar-refractivity contribution in [2.75, 3.05) is 0 Å². The molecule has 2 aromatic rings. The standard InChI is InChI=1S/C14H13BrO3/c15-12-4-5-14(11(7-12)8-16)18-9-10-2-1-3-13(17)6-10/h1-7,16-17H,8-9H2. The Labute approximate surface area is 114 Å². The van der Waals surface area contributed by atoms with Crippen LogP contribution in [0, 0.1) is 0 Å². The van der Waals surface area contributed by atoms with Gasteiger partial charge in [-0.25, -0.2) is 0 Å². The number of rotatable bonds is 4. The highest BCUT2D eigenvalue weighted by atomic mass is 79.9. The van der Waals surface area contributed by atoms with Gasteiger partial charge in [0.15, 0.2) is 0 Å². The number of ether oxygens (including phenoxy) is 1. The molecule has 4 heteroatoms. The molecule has 0 radical (unpaired) electrons. The number of aromatic hydroxyl groups is 1. The fourth-order valence-electron chi connectivity index (χ4n) is 1.62. The highest BCUT2D eigenvalue weighted by Gasteiger charge is 2.04. The molecule has 0 aromatic heterocycles. The number of hydrogen-bond acceptors (Lipinski definition) is 3. The van der Waals surface area contributed by atoms with Gasteiger partial charge in [0.05, 0.1) is 6.61 Å². The van der Waals surface area contributed by atoms with Gasteiger partial charge in [-0.05, 0) is 35.9 Å². The van der Waals surface area contributed by atoms with Gasteiger partial charge in [0.2, 0.25) is 0 Å². The first kappa shape index (κ1) is 12.9. The highest BCUT2D eigenvalue weighted by Crippen LogP contribution is 2.24. The van der Waals surface area contributed by atoms with E-state index in [1.807, 2.05) is 18.2 Å². The average molecular weight is 309 g/mol. The zero-order valence-corrected chi connectivity index (χ0v) is 11.2. The van der Waals surface area contributed by atoms with Crippen molar-refractivity contribution in [2.45, 2.75) is 13.2 Å². The van der Waals surface area contributed by atoms with Gasteiger partial charge >= 0.3 is 0 Å². The Bertz CT molecular complexity index is 540. The molecule has 0 aliphatic carbocycles. The maximum Gasteiger partial charge on any atom is 0.125 e. The normalized spacial score (nSPS) is 10.3. The summed E-state index contributed by atoms with van der Waals surface area (Å²) in [6, 6.07) is 12.4. The molecule has 2 aromatic carbocycles. The van der Waals surface area contributed by atoms with Gasteiger partial charge in [0.1, 0.15) is 18.1 Å². The minimum absolute atomic E-state index is 0.0746. The first-order chi connectivity index (χ1) is 8.69. The first-order valence-electron chi connectivity index (χ1n) is 5.49. The van der Waals surface area contributed by atoms with E-state index >= 15 is 0 Å². The Morgan fingerprint density at radius 1 is 1.11 bits per heavy atom. The Hall–Kier alpha value is -1.52. The van der Waals surface area contributed by atoms with E-state index < -0.39 is 0 Å². The van der Waals surface area contributed by atoms with Crippen LogP contribution in [-0.2, 0) is 13.2 Å². The monoisotopic (exact) mass is 308 g/mol. The van der Waals surface area contributed by atoms with Crippen LogP contribution in [0.1, 0.15) is 11.1 Å². The largest absolute Gasteiger partial charge is 0.508 e. The summed E-state index contributed by atoms with van der Waals surface area (Å²) < 4.78 is 6.53. The molecule has 0 spiro atoms. The van der Waals surface area contributed by atoms with E-state index in [-0.39, 0.29) is 12.4 Å². The number of halogens is 1. The molecule has 0 aliphatic heterocycles. The second-order valence-corrected chi connectivity index (χ2v) is 4.78. The Kier molecular flexibility index (Phi) is 4.23. The molecule has 2 N–H and O–H groups in total. The number of aliphatic hydroxyl groups excluding tert-OH is 1. The van der Waals surface area contributed by atoms with Gasteiger partial charge in [-0.15, -0.1) is 0 Å². The zero-order chi connectivity index (χ0) is 13.0. The molecule has 18 heavy (non-hydrogen) atoms. The Balaban J connectivity index is 2.10. The minimum Gasteiger partial charge on any atom is -0.508 e. The summed E-state index contributed by atoms with van der Waals surface area (Å²) >= 11 is 3.34. The minimum atomic E-state index is -0.0746. The van der Waals surface area contributed by atoms with Crippen molar-refractivity contribution >= 4 is 15.9 Å². The van der Waals surface area contributed by atoms with Crippen LogP contribution in [0.5, 0.6) is 11.5 Å². The third-order valence-electron chi connectivity index (χ3n) is 2.50. The van der Waals surface area contributed by atoms with E-state index in [4.69, 9.17) is 4.74 Å². The lowest BCUT2D eigenvalue weighted by Crippen LogP contribution is -1.98. The molecular weight excluding hydrogens is 296 g/mol. The van der Waals surface area contributed by atoms with Crippen LogP contribution in [0.4, 0.5) is 0 Å². The van der Waals surface area contributed by atoms with Crippen molar-refractivity contribution in [1.82, 2.24) is 0 Å². The van der Waals surface area contributed by atoms with E-state index in [1.54, 1.807) is 24.3 Å². The molecule has 0 bridgehead atoms. The Morgan fingerprint density at radius 2 is 1.94 bits per heavy atom. The fourth-order valence-corrected chi connectivity index (χ4v) is 2.03. The van der Waals surface area contributed by atoms with E-state index in [2.05, 4.69) is 15.9 Å². The third-order valence-corrected chi connectivity index (χ3v) is 2.99. The maximum absolute atomic E-state index is 9.35. The average Bonchev–Trinajstić information content (AvgIpc) is 2.37. The van der Waals surface area contributed by atoms with Gasteiger partial charge < -0.3 is 14.9 Å². The molecule has 94 valence electrons. The number of aliphatic hydroxyl groups is 1. The quantitative estimate of drug-likeness (QED) is 0.911. The van der Waals surface area contributed by atoms with Crippen molar-refractivity contribution in [1.29, 1.82) is 0 Å². The summed E-state index contributed by atoms with van der Waals surface area (Å²) in [4.78, 5) is 0. The first-order valence-corrected chi connectivity index (χ1v) is 6.28. The second-order valence-electron chi connectivity index (χ2n) is 3.87. The molecule has 0 saturated carbocycles. The smallest absolute Gasteiger partial charge is 0.125 e. The topological polar surface area (TPSA) is 49.7 Å². The molecular formula is C14H13BrO3. The third kappa shape index (κ3) is 3.24. The van der Waals surface area contributed by atoms with Crippen LogP contribution in [-0.4, -0.2) is 10.2 Å². The van der Waals surface area contributed by atoms with Gasteiger partial charge in [-0.1, -0.05) is 28.1 Å². The van der Waals surface area contributed by atoms with Crippen LogP contribution < -0.4 is 4.74 Å². The van der Waals surface area contributed by atoms with E-state index in [0.717, 1.165) is 15.6 Å². The van der Waals surface area contributed by atoms with E-state index in [9.17, 15) is 10.2 Å². The number of benzene rings is 2. The number of phenols is 1. The second kappa shape index (κ2) is 5.89. The summed E-state index contributed by atoms with van der Waals surface area (Å²) in [6.45, 7) is 0.276. The highest BCUT2D eigenvalue weighted by molar-refractivity contribution is 9.10. The summed E-state index contributed by atoms with van der Waals surface area (Å²) in [7, 11) is 0. The van der Waals surface area contributed by atoms with E-state index in [0.29, 0.717) is 12.4 Å². The van der Waals surface area contributed by atoms with Crippen LogP contribution in [0.25, 0.3) is 0 Å². The number of hydrogen-bond donors (Lipinski definition) is 2. The van der Waals surface area contributed by atoms with Gasteiger partial charge in [-0.3, -0.25) is 0 Å². The van der Waals surface area contributed by atoms with Crippen LogP contribution in [0.3, 0.4) is 0 Å². The van der Waals surface area contributed by atoms with Crippen molar-refractivity contribution in [3.63, 3.8) is 0 Å². The molecule has 2 rings (SSSR count). The molecule has 0 atom stereocenters. The summed E-state index contributed by atoms with van der Waals surface area (Å²) in [6.07, 6.45) is 0. The van der Waals surface area contributed by atoms with E-state index in [1.165, 1.54) is 0 Å². The predicted octanol–water partition coefficient (Wildman–Crippen LogP) is 3.23. The van der Waals surface area contributed by atoms with Gasteiger partial charge in [0, 0.05) is 10.0 Å². The van der Waals surface area contributed by atoms with Crippen molar-refractivity contribution < 1.29 is 14.9 Å². The maximum atomic E-state index is 9.35. The van der Waals surface area contributed by atoms with Crippen molar-refractivity contribution in [3.05, 3.63) is 58.1 Å². The lowest BCUT2D eigenvalue weighted by atomic mass is 10.2. The molecule has 0 saturated heterocycles. The molecule has 0 amide bonds. The lowest BCUT2D eigenvalue weighted by Gasteiger charge is -2.10. The molecule has 0 unspecified atom stereocenters. The SMILES string of the molecule is OCc1cc(Br)ccc1OCc1cccc(O)c1. The molecule has 0 heterocycles.